The van der Waals surface area contributed by atoms with Crippen molar-refractivity contribution in [2.24, 2.45) is 5.92 Å². The number of nitrogens with zero attached hydrogens (tertiary/aromatic N) is 1. The minimum Gasteiger partial charge on any atom is -0.466 e. The average Bonchev–Trinajstić information content (AvgIpc) is 2.38. The van der Waals surface area contributed by atoms with E-state index in [0.29, 0.717) is 19.6 Å². The Balaban J connectivity index is 2.44. The Bertz CT molecular complexity index is 420. The molecule has 0 aliphatic rings. The van der Waals surface area contributed by atoms with Crippen molar-refractivity contribution in [1.82, 2.24) is 0 Å². The molecule has 0 spiro atoms. The Hall–Kier alpha value is -2.02. The summed E-state index contributed by atoms with van der Waals surface area (Å²) in [5, 5.41) is 11.7. The molecule has 1 atom stereocenters. The highest BCUT2D eigenvalue weighted by Gasteiger charge is 2.13. The quantitative estimate of drug-likeness (QED) is 0.783. The van der Waals surface area contributed by atoms with Gasteiger partial charge in [0, 0.05) is 12.2 Å². The van der Waals surface area contributed by atoms with Gasteiger partial charge in [0.05, 0.1) is 25.0 Å². The summed E-state index contributed by atoms with van der Waals surface area (Å²) in [4.78, 5) is 11.4. The number of nitrogens with one attached hydrogen (secondary N) is 1. The van der Waals surface area contributed by atoms with Crippen LogP contribution in [0.15, 0.2) is 24.3 Å². The summed E-state index contributed by atoms with van der Waals surface area (Å²) in [5.41, 5.74) is 1.93. The van der Waals surface area contributed by atoms with Crippen molar-refractivity contribution in [3.05, 3.63) is 29.8 Å². The molecule has 1 rings (SSSR count). The van der Waals surface area contributed by atoms with Crippen LogP contribution in [-0.2, 0) is 16.0 Å². The van der Waals surface area contributed by atoms with E-state index in [2.05, 4.69) is 11.4 Å². The molecule has 0 bridgehead atoms. The highest BCUT2D eigenvalue weighted by atomic mass is 16.5. The number of nitriles is 1. The van der Waals surface area contributed by atoms with Crippen LogP contribution in [0, 0.1) is 17.2 Å². The SMILES string of the molecule is CCOC(=O)C(C)CNc1ccc(CC#N)cc1. The Labute approximate surface area is 108 Å². The molecule has 0 aromatic heterocycles. The van der Waals surface area contributed by atoms with Crippen LogP contribution in [0.4, 0.5) is 5.69 Å². The summed E-state index contributed by atoms with van der Waals surface area (Å²) in [7, 11) is 0. The lowest BCUT2D eigenvalue weighted by atomic mass is 10.1. The molecule has 0 amide bonds. The summed E-state index contributed by atoms with van der Waals surface area (Å²) < 4.78 is 4.93. The van der Waals surface area contributed by atoms with Gasteiger partial charge in [0.2, 0.25) is 0 Å². The van der Waals surface area contributed by atoms with E-state index in [1.165, 1.54) is 0 Å². The molecule has 18 heavy (non-hydrogen) atoms. The summed E-state index contributed by atoms with van der Waals surface area (Å²) in [6, 6.07) is 9.72. The number of esters is 1. The highest BCUT2D eigenvalue weighted by Crippen LogP contribution is 2.11. The van der Waals surface area contributed by atoms with Crippen molar-refractivity contribution in [3.63, 3.8) is 0 Å². The van der Waals surface area contributed by atoms with Gasteiger partial charge in [0.15, 0.2) is 0 Å². The van der Waals surface area contributed by atoms with E-state index in [-0.39, 0.29) is 11.9 Å². The standard InChI is InChI=1S/C14H18N2O2/c1-3-18-14(17)11(2)10-16-13-6-4-12(5-7-13)8-9-15/h4-7,11,16H,3,8,10H2,1-2H3. The van der Waals surface area contributed by atoms with Crippen molar-refractivity contribution < 1.29 is 9.53 Å². The van der Waals surface area contributed by atoms with Crippen LogP contribution in [0.5, 0.6) is 0 Å². The Morgan fingerprint density at radius 1 is 1.44 bits per heavy atom. The van der Waals surface area contributed by atoms with E-state index in [1.807, 2.05) is 31.2 Å². The van der Waals surface area contributed by atoms with Crippen LogP contribution < -0.4 is 5.32 Å². The van der Waals surface area contributed by atoms with Crippen molar-refractivity contribution in [3.8, 4) is 6.07 Å². The molecule has 0 heterocycles. The molecule has 4 nitrogen and oxygen atoms in total. The van der Waals surface area contributed by atoms with Crippen LogP contribution in [0.3, 0.4) is 0 Å². The molecule has 0 aliphatic heterocycles. The summed E-state index contributed by atoms with van der Waals surface area (Å²) >= 11 is 0. The number of hydrogen-bond acceptors (Lipinski definition) is 4. The van der Waals surface area contributed by atoms with Crippen LogP contribution in [-0.4, -0.2) is 19.1 Å². The number of hydrogen-bond donors (Lipinski definition) is 1. The van der Waals surface area contributed by atoms with Crippen LogP contribution in [0.25, 0.3) is 0 Å². The first-order chi connectivity index (χ1) is 8.67. The summed E-state index contributed by atoms with van der Waals surface area (Å²) in [5.74, 6) is -0.366. The fraction of sp³-hybridized carbons (Fsp3) is 0.429. The maximum absolute atomic E-state index is 11.4. The van der Waals surface area contributed by atoms with E-state index in [9.17, 15) is 4.79 Å². The van der Waals surface area contributed by atoms with Gasteiger partial charge in [-0.1, -0.05) is 19.1 Å². The van der Waals surface area contributed by atoms with Gasteiger partial charge in [0.25, 0.3) is 0 Å². The van der Waals surface area contributed by atoms with E-state index < -0.39 is 0 Å². The fourth-order valence-corrected chi connectivity index (χ4v) is 1.47. The van der Waals surface area contributed by atoms with Crippen molar-refractivity contribution in [2.45, 2.75) is 20.3 Å². The molecule has 0 aliphatic carbocycles. The molecule has 4 heteroatoms. The zero-order chi connectivity index (χ0) is 13.4. The predicted molar refractivity (Wildman–Crippen MR) is 70.0 cm³/mol. The van der Waals surface area contributed by atoms with E-state index in [0.717, 1.165) is 11.3 Å². The van der Waals surface area contributed by atoms with Crippen LogP contribution >= 0.6 is 0 Å². The third-order valence-electron chi connectivity index (χ3n) is 2.54. The molecular formula is C14H18N2O2. The van der Waals surface area contributed by atoms with E-state index >= 15 is 0 Å². The first-order valence-corrected chi connectivity index (χ1v) is 6.03. The lowest BCUT2D eigenvalue weighted by molar-refractivity contribution is -0.146. The maximum Gasteiger partial charge on any atom is 0.310 e. The molecule has 0 saturated heterocycles. The smallest absolute Gasteiger partial charge is 0.310 e. The Kier molecular flexibility index (Phi) is 5.72. The fourth-order valence-electron chi connectivity index (χ4n) is 1.47. The van der Waals surface area contributed by atoms with Gasteiger partial charge < -0.3 is 10.1 Å². The first kappa shape index (κ1) is 14.0. The number of carbonyl (C=O) groups excluding carboxylic acids is 1. The first-order valence-electron chi connectivity index (χ1n) is 6.03. The molecule has 1 N–H and O–H groups in total. The number of rotatable bonds is 6. The minimum absolute atomic E-state index is 0.177. The zero-order valence-corrected chi connectivity index (χ0v) is 10.8. The number of ether oxygens (including phenoxy) is 1. The molecule has 0 radical (unpaired) electrons. The monoisotopic (exact) mass is 246 g/mol. The van der Waals surface area contributed by atoms with Crippen LogP contribution in [0.2, 0.25) is 0 Å². The second-order valence-electron chi connectivity index (χ2n) is 4.07. The molecule has 1 aromatic carbocycles. The average molecular weight is 246 g/mol. The van der Waals surface area contributed by atoms with Gasteiger partial charge in [-0.05, 0) is 24.6 Å². The Morgan fingerprint density at radius 2 is 2.11 bits per heavy atom. The van der Waals surface area contributed by atoms with Gasteiger partial charge in [-0.25, -0.2) is 0 Å². The Morgan fingerprint density at radius 3 is 2.67 bits per heavy atom. The topological polar surface area (TPSA) is 62.1 Å². The van der Waals surface area contributed by atoms with Crippen LogP contribution in [0.1, 0.15) is 19.4 Å². The normalized spacial score (nSPS) is 11.4. The molecular weight excluding hydrogens is 228 g/mol. The molecule has 1 aromatic rings. The van der Waals surface area contributed by atoms with Gasteiger partial charge in [-0.2, -0.15) is 5.26 Å². The third kappa shape index (κ3) is 4.46. The molecule has 0 saturated carbocycles. The number of carbonyl (C=O) groups is 1. The molecule has 1 unspecified atom stereocenters. The van der Waals surface area contributed by atoms with Gasteiger partial charge in [-0.3, -0.25) is 4.79 Å². The maximum atomic E-state index is 11.4. The summed E-state index contributed by atoms with van der Waals surface area (Å²) in [6.07, 6.45) is 0.416. The second kappa shape index (κ2) is 7.33. The zero-order valence-electron chi connectivity index (χ0n) is 10.8. The second-order valence-corrected chi connectivity index (χ2v) is 4.07. The molecule has 0 fully saturated rings. The van der Waals surface area contributed by atoms with Gasteiger partial charge in [0.1, 0.15) is 0 Å². The van der Waals surface area contributed by atoms with Crippen molar-refractivity contribution >= 4 is 11.7 Å². The van der Waals surface area contributed by atoms with Gasteiger partial charge >= 0.3 is 5.97 Å². The van der Waals surface area contributed by atoms with E-state index in [4.69, 9.17) is 10.00 Å². The number of benzene rings is 1. The lowest BCUT2D eigenvalue weighted by Gasteiger charge is -2.12. The van der Waals surface area contributed by atoms with Gasteiger partial charge in [-0.15, -0.1) is 0 Å². The lowest BCUT2D eigenvalue weighted by Crippen LogP contribution is -2.22. The van der Waals surface area contributed by atoms with Crippen molar-refractivity contribution in [1.29, 1.82) is 5.26 Å². The minimum atomic E-state index is -0.189. The van der Waals surface area contributed by atoms with Crippen molar-refractivity contribution in [2.75, 3.05) is 18.5 Å². The van der Waals surface area contributed by atoms with E-state index in [1.54, 1.807) is 6.92 Å². The predicted octanol–water partition coefficient (Wildman–Crippen LogP) is 2.36. The number of anilines is 1. The highest BCUT2D eigenvalue weighted by molar-refractivity contribution is 5.72. The third-order valence-corrected chi connectivity index (χ3v) is 2.54. The summed E-state index contributed by atoms with van der Waals surface area (Å²) in [6.45, 7) is 4.57. The largest absolute Gasteiger partial charge is 0.466 e. The molecule has 96 valence electrons.